The Bertz CT molecular complexity index is 928. The van der Waals surface area contributed by atoms with E-state index in [9.17, 15) is 29.3 Å². The van der Waals surface area contributed by atoms with Crippen molar-refractivity contribution in [1.29, 1.82) is 0 Å². The summed E-state index contributed by atoms with van der Waals surface area (Å²) in [6, 6.07) is 3.60. The van der Waals surface area contributed by atoms with E-state index >= 15 is 0 Å². The summed E-state index contributed by atoms with van der Waals surface area (Å²) >= 11 is 0. The number of nitro groups is 1. The monoisotopic (exact) mass is 430 g/mol. The molecule has 0 unspecified atom stereocenters. The van der Waals surface area contributed by atoms with Gasteiger partial charge in [-0.05, 0) is 18.9 Å². The van der Waals surface area contributed by atoms with Crippen LogP contribution in [-0.4, -0.2) is 76.0 Å². The summed E-state index contributed by atoms with van der Waals surface area (Å²) in [5.41, 5.74) is -0.0830. The third-order valence-corrected chi connectivity index (χ3v) is 5.59. The summed E-state index contributed by atoms with van der Waals surface area (Å²) in [5, 5.41) is 10.9. The van der Waals surface area contributed by atoms with Crippen LogP contribution in [0.15, 0.2) is 18.2 Å². The van der Waals surface area contributed by atoms with Gasteiger partial charge in [-0.2, -0.15) is 0 Å². The number of nitro benzene ring substituents is 1. The van der Waals surface area contributed by atoms with Gasteiger partial charge in [0.1, 0.15) is 0 Å². The van der Waals surface area contributed by atoms with Gasteiger partial charge in [-0.3, -0.25) is 34.2 Å². The fraction of sp³-hybridized carbons (Fsp3) is 0.524. The zero-order valence-electron chi connectivity index (χ0n) is 17.7. The predicted molar refractivity (Wildman–Crippen MR) is 110 cm³/mol. The van der Waals surface area contributed by atoms with Crippen LogP contribution in [0.3, 0.4) is 0 Å². The van der Waals surface area contributed by atoms with E-state index in [4.69, 9.17) is 0 Å². The maximum atomic E-state index is 12.6. The van der Waals surface area contributed by atoms with E-state index in [-0.39, 0.29) is 47.5 Å². The van der Waals surface area contributed by atoms with Gasteiger partial charge in [0.05, 0.1) is 16.1 Å². The fourth-order valence-corrected chi connectivity index (χ4v) is 3.89. The molecule has 1 fully saturated rings. The number of nitrogens with zero attached hydrogens (tertiary/aromatic N) is 4. The van der Waals surface area contributed by atoms with Crippen molar-refractivity contribution in [2.75, 3.05) is 32.7 Å². The van der Waals surface area contributed by atoms with Gasteiger partial charge in [0.15, 0.2) is 0 Å². The van der Waals surface area contributed by atoms with Gasteiger partial charge in [0.2, 0.25) is 11.8 Å². The molecular formula is C21H26N4O6. The molecule has 0 aliphatic carbocycles. The highest BCUT2D eigenvalue weighted by Crippen LogP contribution is 2.27. The second-order valence-electron chi connectivity index (χ2n) is 8.07. The largest absolute Gasteiger partial charge is 0.341 e. The van der Waals surface area contributed by atoms with Gasteiger partial charge in [0, 0.05) is 57.2 Å². The predicted octanol–water partition coefficient (Wildman–Crippen LogP) is 1.69. The molecule has 31 heavy (non-hydrogen) atoms. The van der Waals surface area contributed by atoms with Gasteiger partial charge in [-0.15, -0.1) is 0 Å². The first kappa shape index (κ1) is 22.4. The Labute approximate surface area is 179 Å². The Kier molecular flexibility index (Phi) is 6.67. The number of benzene rings is 1. The summed E-state index contributed by atoms with van der Waals surface area (Å²) in [6.07, 6.45) is 1.19. The topological polar surface area (TPSA) is 121 Å². The molecular weight excluding hydrogens is 404 g/mol. The summed E-state index contributed by atoms with van der Waals surface area (Å²) in [5.74, 6) is -1.15. The summed E-state index contributed by atoms with van der Waals surface area (Å²) in [6.45, 7) is 5.94. The van der Waals surface area contributed by atoms with Crippen LogP contribution in [0.1, 0.15) is 53.8 Å². The number of hydrogen-bond acceptors (Lipinski definition) is 6. The molecule has 2 heterocycles. The number of hydrogen-bond donors (Lipinski definition) is 0. The lowest BCUT2D eigenvalue weighted by atomic mass is 10.1. The van der Waals surface area contributed by atoms with Crippen molar-refractivity contribution in [2.45, 2.75) is 33.1 Å². The highest BCUT2D eigenvalue weighted by atomic mass is 16.6. The molecule has 0 radical (unpaired) electrons. The SMILES string of the molecule is CC(C)C(=O)N1CCCN(C(=O)CCCN2C(=O)c3ccc([N+](=O)[O-])cc3C2=O)CC1. The molecule has 0 saturated carbocycles. The number of carbonyl (C=O) groups is 4. The molecule has 4 amide bonds. The van der Waals surface area contributed by atoms with Crippen LogP contribution in [0, 0.1) is 16.0 Å². The zero-order valence-corrected chi connectivity index (χ0v) is 17.7. The number of imide groups is 1. The van der Waals surface area contributed by atoms with Crippen molar-refractivity contribution in [1.82, 2.24) is 14.7 Å². The van der Waals surface area contributed by atoms with E-state index in [1.165, 1.54) is 12.1 Å². The smallest absolute Gasteiger partial charge is 0.270 e. The van der Waals surface area contributed by atoms with Gasteiger partial charge >= 0.3 is 0 Å². The van der Waals surface area contributed by atoms with E-state index in [0.29, 0.717) is 39.0 Å². The van der Waals surface area contributed by atoms with E-state index in [1.807, 2.05) is 13.8 Å². The van der Waals surface area contributed by atoms with E-state index < -0.39 is 16.7 Å². The number of carbonyl (C=O) groups excluding carboxylic acids is 4. The van der Waals surface area contributed by atoms with Crippen LogP contribution >= 0.6 is 0 Å². The Morgan fingerprint density at radius 2 is 1.68 bits per heavy atom. The number of rotatable bonds is 6. The van der Waals surface area contributed by atoms with Crippen LogP contribution in [-0.2, 0) is 9.59 Å². The minimum atomic E-state index is -0.615. The van der Waals surface area contributed by atoms with Crippen LogP contribution in [0.2, 0.25) is 0 Å². The normalized spacial score (nSPS) is 16.5. The Balaban J connectivity index is 1.52. The van der Waals surface area contributed by atoms with Crippen molar-refractivity contribution in [3.8, 4) is 0 Å². The van der Waals surface area contributed by atoms with Crippen molar-refractivity contribution in [3.05, 3.63) is 39.4 Å². The van der Waals surface area contributed by atoms with Crippen molar-refractivity contribution >= 4 is 29.3 Å². The molecule has 10 heteroatoms. The molecule has 10 nitrogen and oxygen atoms in total. The van der Waals surface area contributed by atoms with E-state index in [0.717, 1.165) is 11.0 Å². The molecule has 3 rings (SSSR count). The fourth-order valence-electron chi connectivity index (χ4n) is 3.89. The first-order valence-electron chi connectivity index (χ1n) is 10.4. The van der Waals surface area contributed by atoms with Gasteiger partial charge < -0.3 is 9.80 Å². The van der Waals surface area contributed by atoms with E-state index in [2.05, 4.69) is 0 Å². The molecule has 0 aromatic heterocycles. The van der Waals surface area contributed by atoms with Crippen molar-refractivity contribution < 1.29 is 24.1 Å². The van der Waals surface area contributed by atoms with Gasteiger partial charge in [-0.25, -0.2) is 0 Å². The Morgan fingerprint density at radius 3 is 2.35 bits per heavy atom. The maximum absolute atomic E-state index is 12.6. The lowest BCUT2D eigenvalue weighted by molar-refractivity contribution is -0.384. The third kappa shape index (κ3) is 4.73. The molecule has 1 aromatic rings. The number of amides is 4. The average molecular weight is 430 g/mol. The molecule has 0 N–H and O–H groups in total. The summed E-state index contributed by atoms with van der Waals surface area (Å²) in [4.78, 5) is 64.6. The Hall–Kier alpha value is -3.30. The van der Waals surface area contributed by atoms with Crippen LogP contribution in [0.25, 0.3) is 0 Å². The quantitative estimate of drug-likeness (QED) is 0.385. The summed E-state index contributed by atoms with van der Waals surface area (Å²) in [7, 11) is 0. The van der Waals surface area contributed by atoms with E-state index in [1.54, 1.807) is 9.80 Å². The second kappa shape index (κ2) is 9.23. The highest BCUT2D eigenvalue weighted by molar-refractivity contribution is 6.21. The Morgan fingerprint density at radius 1 is 1.03 bits per heavy atom. The molecule has 0 bridgehead atoms. The molecule has 166 valence electrons. The first-order chi connectivity index (χ1) is 14.7. The third-order valence-electron chi connectivity index (χ3n) is 5.59. The second-order valence-corrected chi connectivity index (χ2v) is 8.07. The maximum Gasteiger partial charge on any atom is 0.270 e. The minimum absolute atomic E-state index is 0.0213. The van der Waals surface area contributed by atoms with Gasteiger partial charge in [-0.1, -0.05) is 13.8 Å². The first-order valence-corrected chi connectivity index (χ1v) is 10.4. The molecule has 1 saturated heterocycles. The molecule has 2 aliphatic heterocycles. The van der Waals surface area contributed by atoms with Crippen LogP contribution in [0.5, 0.6) is 0 Å². The molecule has 1 aromatic carbocycles. The van der Waals surface area contributed by atoms with Crippen molar-refractivity contribution in [2.24, 2.45) is 5.92 Å². The molecule has 0 atom stereocenters. The lowest BCUT2D eigenvalue weighted by Crippen LogP contribution is -2.39. The molecule has 0 spiro atoms. The standard InChI is InChI=1S/C21H26N4O6/c1-14(2)19(27)23-9-4-8-22(11-12-23)18(26)5-3-10-24-20(28)16-7-6-15(25(30)31)13-17(16)21(24)29/h6-7,13-14H,3-5,8-12H2,1-2H3. The number of fused-ring (bicyclic) bond motifs is 1. The van der Waals surface area contributed by atoms with Crippen LogP contribution in [0.4, 0.5) is 5.69 Å². The average Bonchev–Trinajstić information content (AvgIpc) is 2.91. The highest BCUT2D eigenvalue weighted by Gasteiger charge is 2.36. The minimum Gasteiger partial charge on any atom is -0.341 e. The molecule has 2 aliphatic rings. The number of non-ortho nitro benzene ring substituents is 1. The van der Waals surface area contributed by atoms with Gasteiger partial charge in [0.25, 0.3) is 17.5 Å². The lowest BCUT2D eigenvalue weighted by Gasteiger charge is -2.23. The van der Waals surface area contributed by atoms with Crippen molar-refractivity contribution in [3.63, 3.8) is 0 Å². The zero-order chi connectivity index (χ0) is 22.7. The van der Waals surface area contributed by atoms with Crippen LogP contribution < -0.4 is 0 Å². The summed E-state index contributed by atoms with van der Waals surface area (Å²) < 4.78 is 0.